The fourth-order valence-electron chi connectivity index (χ4n) is 3.36. The maximum Gasteiger partial charge on any atom is 0.416 e. The number of morpholine rings is 1. The molecule has 1 fully saturated rings. The number of rotatable bonds is 6. The molecule has 0 bridgehead atoms. The predicted octanol–water partition coefficient (Wildman–Crippen LogP) is 1.85. The van der Waals surface area contributed by atoms with Gasteiger partial charge in [-0.05, 0) is 11.6 Å². The lowest BCUT2D eigenvalue weighted by atomic mass is 10.1. The van der Waals surface area contributed by atoms with Gasteiger partial charge in [-0.15, -0.1) is 0 Å². The number of hydrogen-bond donors (Lipinski definition) is 2. The fraction of sp³-hybridized carbons (Fsp3) is 0.381. The van der Waals surface area contributed by atoms with E-state index in [2.05, 4.69) is 17.4 Å². The zero-order valence-corrected chi connectivity index (χ0v) is 15.5. The van der Waals surface area contributed by atoms with Crippen molar-refractivity contribution in [3.8, 4) is 0 Å². The van der Waals surface area contributed by atoms with E-state index in [9.17, 15) is 18.0 Å². The maximum atomic E-state index is 12.8. The van der Waals surface area contributed by atoms with Crippen LogP contribution in [0.5, 0.6) is 0 Å². The molecule has 150 valence electrons. The number of halogens is 3. The molecule has 28 heavy (non-hydrogen) atoms. The molecule has 1 unspecified atom stereocenters. The van der Waals surface area contributed by atoms with Gasteiger partial charge in [-0.3, -0.25) is 4.79 Å². The van der Waals surface area contributed by atoms with Gasteiger partial charge in [0, 0.05) is 12.1 Å². The summed E-state index contributed by atoms with van der Waals surface area (Å²) in [5, 5.41) is 2.78. The number of ether oxygens (including phenoxy) is 1. The van der Waals surface area contributed by atoms with E-state index in [0.29, 0.717) is 18.7 Å². The van der Waals surface area contributed by atoms with Gasteiger partial charge >= 0.3 is 6.18 Å². The van der Waals surface area contributed by atoms with Gasteiger partial charge < -0.3 is 15.0 Å². The Balaban J connectivity index is 1.46. The predicted molar refractivity (Wildman–Crippen MR) is 98.7 cm³/mol. The molecule has 0 saturated carbocycles. The van der Waals surface area contributed by atoms with E-state index in [1.165, 1.54) is 22.6 Å². The molecule has 0 radical (unpaired) electrons. The van der Waals surface area contributed by atoms with Gasteiger partial charge in [0.15, 0.2) is 0 Å². The summed E-state index contributed by atoms with van der Waals surface area (Å²) in [6.07, 6.45) is -4.59. The molecule has 0 aliphatic carbocycles. The largest absolute Gasteiger partial charge is 0.416 e. The van der Waals surface area contributed by atoms with Gasteiger partial charge in [-0.2, -0.15) is 13.2 Å². The summed E-state index contributed by atoms with van der Waals surface area (Å²) < 4.78 is 44.0. The molecule has 2 aromatic carbocycles. The second-order valence-electron chi connectivity index (χ2n) is 7.04. The van der Waals surface area contributed by atoms with Gasteiger partial charge in [-0.25, -0.2) is 0 Å². The van der Waals surface area contributed by atoms with Crippen LogP contribution in [0.15, 0.2) is 54.6 Å². The fourth-order valence-corrected chi connectivity index (χ4v) is 3.36. The molecule has 1 aliphatic heterocycles. The molecule has 1 heterocycles. The highest BCUT2D eigenvalue weighted by molar-refractivity contribution is 5.78. The third kappa shape index (κ3) is 6.07. The Morgan fingerprint density at radius 3 is 2.61 bits per heavy atom. The second-order valence-corrected chi connectivity index (χ2v) is 7.04. The molecular weight excluding hydrogens is 369 g/mol. The van der Waals surface area contributed by atoms with E-state index in [4.69, 9.17) is 4.74 Å². The number of nitrogens with one attached hydrogen (secondary N) is 2. The molecule has 1 amide bonds. The quantitative estimate of drug-likeness (QED) is 0.787. The van der Waals surface area contributed by atoms with E-state index in [0.717, 1.165) is 31.8 Å². The lowest BCUT2D eigenvalue weighted by Crippen LogP contribution is -3.13. The minimum Gasteiger partial charge on any atom is -0.365 e. The van der Waals surface area contributed by atoms with Crippen LogP contribution in [0.3, 0.4) is 0 Å². The van der Waals surface area contributed by atoms with Crippen LogP contribution in [-0.2, 0) is 28.7 Å². The van der Waals surface area contributed by atoms with Crippen molar-refractivity contribution in [1.29, 1.82) is 0 Å². The molecule has 2 aromatic rings. The molecule has 2 N–H and O–H groups in total. The second kappa shape index (κ2) is 9.21. The summed E-state index contributed by atoms with van der Waals surface area (Å²) in [6.45, 7) is 3.56. The van der Waals surface area contributed by atoms with Crippen LogP contribution < -0.4 is 10.2 Å². The summed E-state index contributed by atoms with van der Waals surface area (Å²) in [6, 6.07) is 15.1. The first-order valence-electron chi connectivity index (χ1n) is 9.32. The number of quaternary nitrogens is 1. The monoisotopic (exact) mass is 393 g/mol. The molecule has 2 atom stereocenters. The number of carbonyl (C=O) groups is 1. The van der Waals surface area contributed by atoms with Crippen molar-refractivity contribution >= 4 is 5.91 Å². The van der Waals surface area contributed by atoms with Gasteiger partial charge in [0.2, 0.25) is 5.91 Å². The van der Waals surface area contributed by atoms with E-state index in [1.54, 1.807) is 0 Å². The van der Waals surface area contributed by atoms with Crippen LogP contribution in [0.1, 0.15) is 16.7 Å². The zero-order chi connectivity index (χ0) is 20.0. The normalized spacial score (nSPS) is 20.0. The molecule has 3 rings (SSSR count). The minimum absolute atomic E-state index is 0.0861. The molecule has 1 aliphatic rings. The van der Waals surface area contributed by atoms with Crippen LogP contribution in [0, 0.1) is 0 Å². The average Bonchev–Trinajstić information content (AvgIpc) is 2.67. The third-order valence-electron chi connectivity index (χ3n) is 4.77. The van der Waals surface area contributed by atoms with E-state index in [-0.39, 0.29) is 18.4 Å². The average molecular weight is 393 g/mol. The summed E-state index contributed by atoms with van der Waals surface area (Å²) in [5.41, 5.74) is 0.855. The van der Waals surface area contributed by atoms with Crippen LogP contribution in [0.4, 0.5) is 13.2 Å². The summed E-state index contributed by atoms with van der Waals surface area (Å²) in [5.74, 6) is -0.307. The van der Waals surface area contributed by atoms with Crippen molar-refractivity contribution in [1.82, 2.24) is 5.32 Å². The van der Waals surface area contributed by atoms with Crippen molar-refractivity contribution < 1.29 is 27.6 Å². The lowest BCUT2D eigenvalue weighted by Gasteiger charge is -2.30. The minimum atomic E-state index is -4.41. The number of amides is 1. The Bertz CT molecular complexity index is 781. The Morgan fingerprint density at radius 1 is 1.11 bits per heavy atom. The van der Waals surface area contributed by atoms with Gasteiger partial charge in [-0.1, -0.05) is 48.5 Å². The molecule has 0 spiro atoms. The SMILES string of the molecule is O=C(Cc1cccc(C(F)(F)F)c1)NC[C@H]1C[NH+](Cc2ccccc2)CCO1. The first kappa shape index (κ1) is 20.4. The molecule has 7 heteroatoms. The van der Waals surface area contributed by atoms with E-state index >= 15 is 0 Å². The standard InChI is InChI=1S/C21H23F3N2O2/c22-21(23,24)18-8-4-7-17(11-18)12-20(27)25-13-19-15-26(9-10-28-19)14-16-5-2-1-3-6-16/h1-8,11,19H,9-10,12-15H2,(H,25,27)/p+1/t19-/m0/s1. The van der Waals surface area contributed by atoms with E-state index in [1.807, 2.05) is 18.2 Å². The van der Waals surface area contributed by atoms with Crippen molar-refractivity contribution in [3.63, 3.8) is 0 Å². The summed E-state index contributed by atoms with van der Waals surface area (Å²) in [7, 11) is 0. The Morgan fingerprint density at radius 2 is 1.86 bits per heavy atom. The molecule has 4 nitrogen and oxygen atoms in total. The van der Waals surface area contributed by atoms with Crippen molar-refractivity contribution in [3.05, 3.63) is 71.3 Å². The van der Waals surface area contributed by atoms with Crippen molar-refractivity contribution in [2.24, 2.45) is 0 Å². The highest BCUT2D eigenvalue weighted by Gasteiger charge is 2.30. The molecule has 1 saturated heterocycles. The van der Waals surface area contributed by atoms with E-state index < -0.39 is 11.7 Å². The van der Waals surface area contributed by atoms with Gasteiger partial charge in [0.1, 0.15) is 25.7 Å². The highest BCUT2D eigenvalue weighted by Crippen LogP contribution is 2.29. The van der Waals surface area contributed by atoms with Crippen LogP contribution in [-0.4, -0.2) is 38.3 Å². The molecular formula is C21H24F3N2O2+. The molecule has 0 aromatic heterocycles. The Kier molecular flexibility index (Phi) is 6.70. The third-order valence-corrected chi connectivity index (χ3v) is 4.77. The summed E-state index contributed by atoms with van der Waals surface area (Å²) >= 11 is 0. The number of benzene rings is 2. The van der Waals surface area contributed by atoms with Gasteiger partial charge in [0.05, 0.1) is 18.6 Å². The van der Waals surface area contributed by atoms with Crippen LogP contribution >= 0.6 is 0 Å². The summed E-state index contributed by atoms with van der Waals surface area (Å²) in [4.78, 5) is 13.5. The Labute approximate surface area is 162 Å². The number of alkyl halides is 3. The maximum absolute atomic E-state index is 12.8. The topological polar surface area (TPSA) is 42.8 Å². The highest BCUT2D eigenvalue weighted by atomic mass is 19.4. The van der Waals surface area contributed by atoms with Crippen molar-refractivity contribution in [2.45, 2.75) is 25.2 Å². The number of hydrogen-bond acceptors (Lipinski definition) is 2. The smallest absolute Gasteiger partial charge is 0.365 e. The first-order valence-corrected chi connectivity index (χ1v) is 9.32. The van der Waals surface area contributed by atoms with Crippen LogP contribution in [0.25, 0.3) is 0 Å². The van der Waals surface area contributed by atoms with Crippen molar-refractivity contribution in [2.75, 3.05) is 26.2 Å². The Hall–Kier alpha value is -2.38. The lowest BCUT2D eigenvalue weighted by molar-refractivity contribution is -0.925. The number of carbonyl (C=O) groups excluding carboxylic acids is 1. The zero-order valence-electron chi connectivity index (χ0n) is 15.5. The van der Waals surface area contributed by atoms with Gasteiger partial charge in [0.25, 0.3) is 0 Å². The first-order chi connectivity index (χ1) is 13.4. The van der Waals surface area contributed by atoms with Crippen LogP contribution in [0.2, 0.25) is 0 Å².